The van der Waals surface area contributed by atoms with Crippen LogP contribution in [0, 0.1) is 0 Å². The van der Waals surface area contributed by atoms with Gasteiger partial charge in [0.05, 0.1) is 6.61 Å². The van der Waals surface area contributed by atoms with E-state index >= 15 is 0 Å². The maximum Gasteiger partial charge on any atom is 0.330 e. The average Bonchev–Trinajstić information content (AvgIpc) is 2.73. The van der Waals surface area contributed by atoms with Gasteiger partial charge in [0.15, 0.2) is 0 Å². The van der Waals surface area contributed by atoms with Crippen LogP contribution in [0.4, 0.5) is 0 Å². The molecule has 1 atom stereocenters. The largest absolute Gasteiger partial charge is 0.462 e. The molecule has 2 aromatic rings. The number of carbonyl (C=O) groups is 1. The Kier molecular flexibility index (Phi) is 13.0. The van der Waals surface area contributed by atoms with Crippen LogP contribution in [0.25, 0.3) is 6.08 Å². The summed E-state index contributed by atoms with van der Waals surface area (Å²) in [5.74, 6) is -0.141. The molecule has 3 nitrogen and oxygen atoms in total. The number of halogens is 3. The molecule has 0 bridgehead atoms. The zero-order valence-electron chi connectivity index (χ0n) is 17.5. The number of benzene rings is 2. The van der Waals surface area contributed by atoms with E-state index in [1.165, 1.54) is 11.6 Å². The van der Waals surface area contributed by atoms with Crippen LogP contribution < -0.4 is 0 Å². The van der Waals surface area contributed by atoms with Gasteiger partial charge in [-0.25, -0.2) is 4.79 Å². The van der Waals surface area contributed by atoms with Gasteiger partial charge in [0.2, 0.25) is 0 Å². The highest BCUT2D eigenvalue weighted by molar-refractivity contribution is 9.10. The van der Waals surface area contributed by atoms with E-state index in [4.69, 9.17) is 16.3 Å². The smallest absolute Gasteiger partial charge is 0.330 e. The summed E-state index contributed by atoms with van der Waals surface area (Å²) in [6.45, 7) is 7.93. The lowest BCUT2D eigenvalue weighted by molar-refractivity contribution is -0.138. The molecule has 0 spiro atoms. The van der Waals surface area contributed by atoms with E-state index in [1.54, 1.807) is 18.2 Å². The maximum atomic E-state index is 12.2. The van der Waals surface area contributed by atoms with E-state index in [0.717, 1.165) is 42.5 Å². The Morgan fingerprint density at radius 1 is 1.10 bits per heavy atom. The molecule has 0 heterocycles. The van der Waals surface area contributed by atoms with Crippen molar-refractivity contribution in [2.45, 2.75) is 32.6 Å². The molecule has 0 aliphatic carbocycles. The van der Waals surface area contributed by atoms with Gasteiger partial charge in [-0.05, 0) is 73.9 Å². The fourth-order valence-corrected chi connectivity index (χ4v) is 3.54. The minimum absolute atomic E-state index is 0. The Bertz CT molecular complexity index is 775. The van der Waals surface area contributed by atoms with Crippen LogP contribution in [0.5, 0.6) is 0 Å². The molecule has 0 aliphatic rings. The van der Waals surface area contributed by atoms with E-state index in [9.17, 15) is 4.79 Å². The average molecular weight is 515 g/mol. The molecule has 0 fully saturated rings. The van der Waals surface area contributed by atoms with E-state index in [-0.39, 0.29) is 24.3 Å². The molecular formula is C24H30BrCl2NO2. The first kappa shape index (κ1) is 26.7. The van der Waals surface area contributed by atoms with Crippen LogP contribution in [0.1, 0.15) is 43.7 Å². The van der Waals surface area contributed by atoms with Crippen molar-refractivity contribution in [2.75, 3.05) is 26.2 Å². The molecule has 0 saturated carbocycles. The lowest BCUT2D eigenvalue weighted by Crippen LogP contribution is -2.24. The molecule has 0 aliphatic heterocycles. The molecule has 164 valence electrons. The maximum absolute atomic E-state index is 12.2. The summed E-state index contributed by atoms with van der Waals surface area (Å²) in [5.41, 5.74) is 2.11. The van der Waals surface area contributed by atoms with Crippen LogP contribution in [0.15, 0.2) is 59.1 Å². The SMILES string of the molecule is CCN(CC)CCCC(COC(=O)/C=C/c1ccc(Cl)cc1)c1ccc(Br)cc1.Cl. The number of hydrogen-bond donors (Lipinski definition) is 0. The van der Waals surface area contributed by atoms with Gasteiger partial charge < -0.3 is 9.64 Å². The Labute approximate surface area is 200 Å². The van der Waals surface area contributed by atoms with Gasteiger partial charge in [-0.2, -0.15) is 0 Å². The Balaban J connectivity index is 0.00000450. The second kappa shape index (κ2) is 14.6. The third-order valence-electron chi connectivity index (χ3n) is 4.97. The lowest BCUT2D eigenvalue weighted by atomic mass is 9.95. The van der Waals surface area contributed by atoms with Crippen molar-refractivity contribution in [1.29, 1.82) is 0 Å². The first-order chi connectivity index (χ1) is 14.0. The number of esters is 1. The molecule has 0 amide bonds. The van der Waals surface area contributed by atoms with Crippen LogP contribution in [-0.2, 0) is 9.53 Å². The summed E-state index contributed by atoms with van der Waals surface area (Å²) in [6.07, 6.45) is 5.26. The predicted molar refractivity (Wildman–Crippen MR) is 133 cm³/mol. The molecule has 0 radical (unpaired) electrons. The standard InChI is InChI=1S/C24H29BrClNO2.ClH/c1-3-27(4-2)17-5-6-21(20-10-12-22(25)13-11-20)18-29-24(28)16-9-19-7-14-23(26)15-8-19;/h7-16,21H,3-6,17-18H2,1-2H3;1H/b16-9+;. The highest BCUT2D eigenvalue weighted by Crippen LogP contribution is 2.24. The number of hydrogen-bond acceptors (Lipinski definition) is 3. The number of carbonyl (C=O) groups excluding carboxylic acids is 1. The zero-order valence-corrected chi connectivity index (χ0v) is 20.7. The summed E-state index contributed by atoms with van der Waals surface area (Å²) >= 11 is 9.37. The molecule has 1 unspecified atom stereocenters. The van der Waals surface area contributed by atoms with Gasteiger partial charge in [-0.3, -0.25) is 0 Å². The van der Waals surface area contributed by atoms with E-state index < -0.39 is 0 Å². The van der Waals surface area contributed by atoms with Crippen LogP contribution >= 0.6 is 39.9 Å². The molecule has 0 N–H and O–H groups in total. The van der Waals surface area contributed by atoms with Gasteiger partial charge in [-0.1, -0.05) is 65.6 Å². The third kappa shape index (κ3) is 9.65. The van der Waals surface area contributed by atoms with Crippen LogP contribution in [-0.4, -0.2) is 37.1 Å². The van der Waals surface area contributed by atoms with E-state index in [1.807, 2.05) is 24.3 Å². The van der Waals surface area contributed by atoms with Crippen molar-refractivity contribution in [1.82, 2.24) is 4.90 Å². The molecule has 2 rings (SSSR count). The van der Waals surface area contributed by atoms with Gasteiger partial charge >= 0.3 is 5.97 Å². The second-order valence-corrected chi connectivity index (χ2v) is 8.28. The molecule has 0 saturated heterocycles. The van der Waals surface area contributed by atoms with E-state index in [0.29, 0.717) is 11.6 Å². The molecular weight excluding hydrogens is 485 g/mol. The fourth-order valence-electron chi connectivity index (χ4n) is 3.15. The molecule has 30 heavy (non-hydrogen) atoms. The Morgan fingerprint density at radius 2 is 1.73 bits per heavy atom. The number of nitrogens with zero attached hydrogens (tertiary/aromatic N) is 1. The summed E-state index contributed by atoms with van der Waals surface area (Å²) in [5, 5.41) is 0.673. The zero-order chi connectivity index (χ0) is 21.1. The molecule has 2 aromatic carbocycles. The molecule has 0 aromatic heterocycles. The van der Waals surface area contributed by atoms with Crippen molar-refractivity contribution < 1.29 is 9.53 Å². The summed E-state index contributed by atoms with van der Waals surface area (Å²) < 4.78 is 6.61. The first-order valence-corrected chi connectivity index (χ1v) is 11.3. The van der Waals surface area contributed by atoms with Crippen LogP contribution in [0.2, 0.25) is 5.02 Å². The highest BCUT2D eigenvalue weighted by atomic mass is 79.9. The van der Waals surface area contributed by atoms with Crippen molar-refractivity contribution in [3.63, 3.8) is 0 Å². The topological polar surface area (TPSA) is 29.5 Å². The quantitative estimate of drug-likeness (QED) is 0.239. The minimum Gasteiger partial charge on any atom is -0.462 e. The Hall–Kier alpha value is -1.33. The van der Waals surface area contributed by atoms with Gasteiger partial charge in [-0.15, -0.1) is 12.4 Å². The third-order valence-corrected chi connectivity index (χ3v) is 5.75. The number of ether oxygens (including phenoxy) is 1. The minimum atomic E-state index is -0.328. The van der Waals surface area contributed by atoms with Gasteiger partial charge in [0.25, 0.3) is 0 Å². The highest BCUT2D eigenvalue weighted by Gasteiger charge is 2.14. The van der Waals surface area contributed by atoms with Gasteiger partial charge in [0, 0.05) is 21.5 Å². The van der Waals surface area contributed by atoms with Crippen molar-refractivity contribution >= 4 is 52.0 Å². The normalized spacial score (nSPS) is 12.0. The fraction of sp³-hybridized carbons (Fsp3) is 0.375. The van der Waals surface area contributed by atoms with Gasteiger partial charge in [0.1, 0.15) is 0 Å². The monoisotopic (exact) mass is 513 g/mol. The summed E-state index contributed by atoms with van der Waals surface area (Å²) in [6, 6.07) is 15.6. The summed E-state index contributed by atoms with van der Waals surface area (Å²) in [7, 11) is 0. The second-order valence-electron chi connectivity index (χ2n) is 6.93. The summed E-state index contributed by atoms with van der Waals surface area (Å²) in [4.78, 5) is 14.6. The van der Waals surface area contributed by atoms with Crippen LogP contribution in [0.3, 0.4) is 0 Å². The van der Waals surface area contributed by atoms with E-state index in [2.05, 4.69) is 46.8 Å². The molecule has 6 heteroatoms. The lowest BCUT2D eigenvalue weighted by Gasteiger charge is -2.21. The Morgan fingerprint density at radius 3 is 2.33 bits per heavy atom. The predicted octanol–water partition coefficient (Wildman–Crippen LogP) is 6.99. The van der Waals surface area contributed by atoms with Crippen molar-refractivity contribution in [3.05, 3.63) is 75.2 Å². The van der Waals surface area contributed by atoms with Crippen molar-refractivity contribution in [3.8, 4) is 0 Å². The first-order valence-electron chi connectivity index (χ1n) is 10.1. The number of rotatable bonds is 11. The van der Waals surface area contributed by atoms with Crippen molar-refractivity contribution in [2.24, 2.45) is 0 Å².